The molecule has 0 bridgehead atoms. The lowest BCUT2D eigenvalue weighted by atomic mass is 10.2. The summed E-state index contributed by atoms with van der Waals surface area (Å²) < 4.78 is 1.66. The number of fused-ring (bicyclic) bond motifs is 1. The van der Waals surface area contributed by atoms with E-state index in [0.717, 1.165) is 16.4 Å². The number of urea groups is 1. The van der Waals surface area contributed by atoms with Gasteiger partial charge in [0, 0.05) is 23.6 Å². The van der Waals surface area contributed by atoms with Gasteiger partial charge in [-0.05, 0) is 25.1 Å². The Labute approximate surface area is 146 Å². The van der Waals surface area contributed by atoms with Crippen LogP contribution in [0.25, 0.3) is 22.3 Å². The Balaban J connectivity index is 1.88. The number of hydrogen-bond donors (Lipinski definition) is 3. The van der Waals surface area contributed by atoms with E-state index in [1.54, 1.807) is 28.1 Å². The molecule has 0 atom stereocenters. The summed E-state index contributed by atoms with van der Waals surface area (Å²) >= 11 is 1.65. The normalized spacial score (nSPS) is 15.7. The van der Waals surface area contributed by atoms with E-state index in [1.165, 1.54) is 4.88 Å². The molecule has 0 saturated carbocycles. The molecule has 3 aromatic rings. The molecule has 8 nitrogen and oxygen atoms in total. The molecule has 1 saturated heterocycles. The first-order valence-electron chi connectivity index (χ1n) is 7.52. The van der Waals surface area contributed by atoms with E-state index in [1.807, 2.05) is 32.2 Å². The minimum Gasteiger partial charge on any atom is -0.373 e. The molecule has 0 aromatic carbocycles. The third-order valence-electron chi connectivity index (χ3n) is 3.77. The van der Waals surface area contributed by atoms with Crippen LogP contribution in [0.5, 0.6) is 0 Å². The fourth-order valence-corrected chi connectivity index (χ4v) is 3.42. The monoisotopic (exact) mass is 354 g/mol. The van der Waals surface area contributed by atoms with Crippen molar-refractivity contribution in [3.63, 3.8) is 0 Å². The Bertz CT molecular complexity index is 1050. The zero-order chi connectivity index (χ0) is 17.6. The van der Waals surface area contributed by atoms with Crippen molar-refractivity contribution in [1.29, 1.82) is 0 Å². The summed E-state index contributed by atoms with van der Waals surface area (Å²) in [7, 11) is 1.81. The highest BCUT2D eigenvalue weighted by Crippen LogP contribution is 2.29. The average Bonchev–Trinajstić information content (AvgIpc) is 3.27. The van der Waals surface area contributed by atoms with E-state index < -0.39 is 11.9 Å². The molecular formula is C16H14N6O2S. The number of carbonyl (C=O) groups excluding carboxylic acids is 2. The Morgan fingerprint density at radius 2 is 2.12 bits per heavy atom. The van der Waals surface area contributed by atoms with Gasteiger partial charge in [0.25, 0.3) is 5.91 Å². The molecule has 0 radical (unpaired) electrons. The van der Waals surface area contributed by atoms with Crippen LogP contribution in [0, 0.1) is 6.92 Å². The Hall–Kier alpha value is -3.20. The fourth-order valence-electron chi connectivity index (χ4n) is 2.60. The molecule has 3 N–H and O–H groups in total. The quantitative estimate of drug-likeness (QED) is 0.493. The van der Waals surface area contributed by atoms with Gasteiger partial charge in [0.2, 0.25) is 0 Å². The van der Waals surface area contributed by atoms with E-state index >= 15 is 0 Å². The highest BCUT2D eigenvalue weighted by Gasteiger charge is 2.23. The van der Waals surface area contributed by atoms with Crippen LogP contribution in [0.3, 0.4) is 0 Å². The molecule has 0 aliphatic carbocycles. The molecule has 1 aliphatic heterocycles. The summed E-state index contributed by atoms with van der Waals surface area (Å²) in [6.07, 6.45) is 3.18. The molecule has 3 amide bonds. The SMILES string of the molecule is CNc1cc(-c2ccc(C)s2)nc2c(/C=C3/NC(=O)NC3=O)cnn12. The van der Waals surface area contributed by atoms with Crippen molar-refractivity contribution < 1.29 is 9.59 Å². The number of thiophene rings is 1. The van der Waals surface area contributed by atoms with Gasteiger partial charge >= 0.3 is 6.03 Å². The molecule has 4 rings (SSSR count). The summed E-state index contributed by atoms with van der Waals surface area (Å²) in [5, 5.41) is 12.1. The highest BCUT2D eigenvalue weighted by molar-refractivity contribution is 7.15. The van der Waals surface area contributed by atoms with Gasteiger partial charge < -0.3 is 10.6 Å². The minimum atomic E-state index is -0.536. The Morgan fingerprint density at radius 3 is 2.76 bits per heavy atom. The largest absolute Gasteiger partial charge is 0.373 e. The van der Waals surface area contributed by atoms with Gasteiger partial charge in [-0.15, -0.1) is 11.3 Å². The second kappa shape index (κ2) is 5.71. The molecule has 25 heavy (non-hydrogen) atoms. The number of aromatic nitrogens is 3. The van der Waals surface area contributed by atoms with Crippen LogP contribution in [0.4, 0.5) is 10.6 Å². The highest BCUT2D eigenvalue weighted by atomic mass is 32.1. The van der Waals surface area contributed by atoms with Crippen LogP contribution in [0.1, 0.15) is 10.4 Å². The number of nitrogens with zero attached hydrogens (tertiary/aromatic N) is 3. The lowest BCUT2D eigenvalue weighted by Crippen LogP contribution is -2.22. The van der Waals surface area contributed by atoms with Gasteiger partial charge in [-0.1, -0.05) is 0 Å². The predicted molar refractivity (Wildman–Crippen MR) is 95.2 cm³/mol. The van der Waals surface area contributed by atoms with Crippen LogP contribution < -0.4 is 16.0 Å². The van der Waals surface area contributed by atoms with Crippen molar-refractivity contribution >= 4 is 40.8 Å². The predicted octanol–water partition coefficient (Wildman–Crippen LogP) is 1.99. The van der Waals surface area contributed by atoms with Gasteiger partial charge in [0.1, 0.15) is 11.5 Å². The van der Waals surface area contributed by atoms with Crippen molar-refractivity contribution in [2.24, 2.45) is 0 Å². The zero-order valence-corrected chi connectivity index (χ0v) is 14.3. The first-order chi connectivity index (χ1) is 12.0. The van der Waals surface area contributed by atoms with E-state index in [4.69, 9.17) is 4.98 Å². The molecule has 3 aromatic heterocycles. The Morgan fingerprint density at radius 1 is 1.28 bits per heavy atom. The van der Waals surface area contributed by atoms with E-state index in [2.05, 4.69) is 21.0 Å². The number of hydrogen-bond acceptors (Lipinski definition) is 6. The Kier molecular flexibility index (Phi) is 3.50. The number of anilines is 1. The molecule has 4 heterocycles. The molecule has 126 valence electrons. The third kappa shape index (κ3) is 2.64. The van der Waals surface area contributed by atoms with Crippen molar-refractivity contribution in [2.75, 3.05) is 12.4 Å². The zero-order valence-electron chi connectivity index (χ0n) is 13.5. The van der Waals surface area contributed by atoms with E-state index in [9.17, 15) is 9.59 Å². The maximum absolute atomic E-state index is 11.7. The first kappa shape index (κ1) is 15.3. The molecule has 9 heteroatoms. The standard InChI is InChI=1S/C16H14N6O2S/c1-8-3-4-12(25-8)10-6-13(17-2)22-14(19-10)9(7-18-22)5-11-15(23)21-16(24)20-11/h3-7,17H,1-2H3,(H2,20,21,23,24)/b11-5+. The summed E-state index contributed by atoms with van der Waals surface area (Å²) in [5.74, 6) is 0.304. The summed E-state index contributed by atoms with van der Waals surface area (Å²) in [5.41, 5.74) is 2.22. The fraction of sp³-hybridized carbons (Fsp3) is 0.125. The number of amides is 3. The van der Waals surface area contributed by atoms with Crippen LogP contribution in [-0.2, 0) is 4.79 Å². The average molecular weight is 354 g/mol. The molecule has 1 aliphatic rings. The van der Waals surface area contributed by atoms with Crippen LogP contribution in [-0.4, -0.2) is 33.6 Å². The molecule has 0 unspecified atom stereocenters. The first-order valence-corrected chi connectivity index (χ1v) is 8.34. The summed E-state index contributed by atoms with van der Waals surface area (Å²) in [4.78, 5) is 29.9. The maximum Gasteiger partial charge on any atom is 0.326 e. The van der Waals surface area contributed by atoms with Gasteiger partial charge in [-0.3, -0.25) is 10.1 Å². The number of carbonyl (C=O) groups is 2. The smallest absolute Gasteiger partial charge is 0.326 e. The summed E-state index contributed by atoms with van der Waals surface area (Å²) in [6.45, 7) is 2.04. The van der Waals surface area contributed by atoms with Crippen LogP contribution in [0.2, 0.25) is 0 Å². The van der Waals surface area contributed by atoms with Gasteiger partial charge in [-0.2, -0.15) is 9.61 Å². The second-order valence-electron chi connectivity index (χ2n) is 5.49. The number of imide groups is 1. The number of rotatable bonds is 3. The van der Waals surface area contributed by atoms with E-state index in [0.29, 0.717) is 11.2 Å². The van der Waals surface area contributed by atoms with Gasteiger partial charge in [0.15, 0.2) is 5.65 Å². The van der Waals surface area contributed by atoms with Crippen molar-refractivity contribution in [1.82, 2.24) is 25.2 Å². The molecule has 1 fully saturated rings. The van der Waals surface area contributed by atoms with Crippen molar-refractivity contribution in [3.05, 3.63) is 40.5 Å². The number of nitrogens with one attached hydrogen (secondary N) is 3. The van der Waals surface area contributed by atoms with E-state index in [-0.39, 0.29) is 5.70 Å². The third-order valence-corrected chi connectivity index (χ3v) is 4.79. The van der Waals surface area contributed by atoms with Crippen molar-refractivity contribution in [3.8, 4) is 10.6 Å². The summed E-state index contributed by atoms with van der Waals surface area (Å²) in [6, 6.07) is 5.46. The topological polar surface area (TPSA) is 100 Å². The van der Waals surface area contributed by atoms with Gasteiger partial charge in [0.05, 0.1) is 16.8 Å². The van der Waals surface area contributed by atoms with Gasteiger partial charge in [-0.25, -0.2) is 9.78 Å². The minimum absolute atomic E-state index is 0.171. The second-order valence-corrected chi connectivity index (χ2v) is 6.78. The molecule has 0 spiro atoms. The lowest BCUT2D eigenvalue weighted by Gasteiger charge is -2.06. The van der Waals surface area contributed by atoms with Crippen molar-refractivity contribution in [2.45, 2.75) is 6.92 Å². The van der Waals surface area contributed by atoms with Crippen LogP contribution in [0.15, 0.2) is 30.1 Å². The van der Waals surface area contributed by atoms with Crippen LogP contribution >= 0.6 is 11.3 Å². The number of aryl methyl sites for hydroxylation is 1. The lowest BCUT2D eigenvalue weighted by molar-refractivity contribution is -0.115. The maximum atomic E-state index is 11.7. The molecular weight excluding hydrogens is 340 g/mol.